The molecule has 2 N–H and O–H groups in total. The Morgan fingerprint density at radius 3 is 2.04 bits per heavy atom. The Morgan fingerprint density at radius 2 is 1.43 bits per heavy atom. The van der Waals surface area contributed by atoms with Gasteiger partial charge >= 0.3 is 0 Å². The molecule has 0 saturated heterocycles. The van der Waals surface area contributed by atoms with Gasteiger partial charge in [-0.2, -0.15) is 0 Å². The number of rotatable bonds is 4. The summed E-state index contributed by atoms with van der Waals surface area (Å²) < 4.78 is 0. The molecule has 1 aliphatic carbocycles. The van der Waals surface area contributed by atoms with Gasteiger partial charge in [0.15, 0.2) is 0 Å². The molecular weight excluding hydrogens is 312 g/mol. The molecule has 0 bridgehead atoms. The molecule has 1 aliphatic rings. The topological polar surface area (TPSA) is 58.2 Å². The largest absolute Gasteiger partial charge is 0.326 e. The summed E-state index contributed by atoms with van der Waals surface area (Å²) in [7, 11) is 0. The van der Waals surface area contributed by atoms with E-state index in [4.69, 9.17) is 11.6 Å². The number of amides is 2. The minimum absolute atomic E-state index is 0.112. The molecule has 0 radical (unpaired) electrons. The third-order valence-corrected chi connectivity index (χ3v) is 4.33. The molecule has 2 aromatic carbocycles. The molecule has 5 heteroatoms. The van der Waals surface area contributed by atoms with Gasteiger partial charge in [0, 0.05) is 5.69 Å². The molecule has 2 amide bonds. The fourth-order valence-electron chi connectivity index (χ4n) is 2.50. The van der Waals surface area contributed by atoms with E-state index in [9.17, 15) is 9.59 Å². The van der Waals surface area contributed by atoms with Crippen molar-refractivity contribution in [3.8, 4) is 0 Å². The molecule has 0 heterocycles. The predicted octanol–water partition coefficient (Wildman–Crippen LogP) is 3.86. The van der Waals surface area contributed by atoms with Crippen molar-refractivity contribution in [1.82, 2.24) is 0 Å². The molecule has 2 atom stereocenters. The van der Waals surface area contributed by atoms with Crippen LogP contribution in [0.2, 0.25) is 5.02 Å². The smallest absolute Gasteiger partial charge is 0.228 e. The molecule has 1 fully saturated rings. The third-order valence-electron chi connectivity index (χ3n) is 4.00. The maximum atomic E-state index is 12.2. The molecule has 3 rings (SSSR count). The van der Waals surface area contributed by atoms with Crippen molar-refractivity contribution in [2.45, 2.75) is 13.3 Å². The Bertz CT molecular complexity index is 697. The monoisotopic (exact) mass is 328 g/mol. The van der Waals surface area contributed by atoms with Crippen molar-refractivity contribution in [3.63, 3.8) is 0 Å². The first-order valence-corrected chi connectivity index (χ1v) is 7.86. The fourth-order valence-corrected chi connectivity index (χ4v) is 2.68. The van der Waals surface area contributed by atoms with E-state index < -0.39 is 0 Å². The van der Waals surface area contributed by atoms with Crippen LogP contribution >= 0.6 is 11.6 Å². The quantitative estimate of drug-likeness (QED) is 0.895. The number of hydrogen-bond acceptors (Lipinski definition) is 2. The normalized spacial score (nSPS) is 19.0. The fraction of sp³-hybridized carbons (Fsp3) is 0.222. The second kappa shape index (κ2) is 6.42. The van der Waals surface area contributed by atoms with Crippen LogP contribution < -0.4 is 10.6 Å². The van der Waals surface area contributed by atoms with Gasteiger partial charge in [0.05, 0.1) is 22.5 Å². The third kappa shape index (κ3) is 3.54. The zero-order valence-corrected chi connectivity index (χ0v) is 13.4. The van der Waals surface area contributed by atoms with Crippen LogP contribution in [0.1, 0.15) is 12.0 Å². The van der Waals surface area contributed by atoms with Crippen LogP contribution in [0.15, 0.2) is 48.5 Å². The van der Waals surface area contributed by atoms with Gasteiger partial charge in [-0.25, -0.2) is 0 Å². The molecule has 0 aliphatic heterocycles. The van der Waals surface area contributed by atoms with E-state index in [1.54, 1.807) is 24.3 Å². The van der Waals surface area contributed by atoms with Crippen molar-refractivity contribution >= 4 is 34.8 Å². The first-order chi connectivity index (χ1) is 11.1. The highest BCUT2D eigenvalue weighted by atomic mass is 35.5. The van der Waals surface area contributed by atoms with E-state index in [0.717, 1.165) is 11.3 Å². The number of nitrogens with one attached hydrogen (secondary N) is 2. The van der Waals surface area contributed by atoms with Gasteiger partial charge in [-0.15, -0.1) is 0 Å². The van der Waals surface area contributed by atoms with Crippen LogP contribution in [0.4, 0.5) is 11.4 Å². The number of benzene rings is 2. The molecule has 2 unspecified atom stereocenters. The molecule has 4 nitrogen and oxygen atoms in total. The van der Waals surface area contributed by atoms with Crippen molar-refractivity contribution < 1.29 is 9.59 Å². The number of carbonyl (C=O) groups is 2. The minimum Gasteiger partial charge on any atom is -0.326 e. The Kier molecular flexibility index (Phi) is 4.35. The van der Waals surface area contributed by atoms with Crippen LogP contribution in [0.3, 0.4) is 0 Å². The summed E-state index contributed by atoms with van der Waals surface area (Å²) >= 11 is 6.02. The maximum Gasteiger partial charge on any atom is 0.228 e. The average molecular weight is 329 g/mol. The molecule has 23 heavy (non-hydrogen) atoms. The standard InChI is InChI=1S/C18H17ClN2O2/c1-11-6-2-4-8-15(11)20-17(22)12-10-13(12)18(23)21-16-9-5-3-7-14(16)19/h2-9,12-13H,10H2,1H3,(H,20,22)(H,21,23). The summed E-state index contributed by atoms with van der Waals surface area (Å²) in [5.74, 6) is -0.853. The lowest BCUT2D eigenvalue weighted by Gasteiger charge is -2.08. The summed E-state index contributed by atoms with van der Waals surface area (Å²) in [5, 5.41) is 6.16. The van der Waals surface area contributed by atoms with Gasteiger partial charge < -0.3 is 10.6 Å². The minimum atomic E-state index is -0.296. The summed E-state index contributed by atoms with van der Waals surface area (Å²) in [6.45, 7) is 1.93. The van der Waals surface area contributed by atoms with Crippen LogP contribution in [0, 0.1) is 18.8 Å². The van der Waals surface area contributed by atoms with Gasteiger partial charge in [-0.3, -0.25) is 9.59 Å². The highest BCUT2D eigenvalue weighted by Crippen LogP contribution is 2.40. The Balaban J connectivity index is 1.58. The van der Waals surface area contributed by atoms with Crippen molar-refractivity contribution in [2.75, 3.05) is 10.6 Å². The van der Waals surface area contributed by atoms with Crippen molar-refractivity contribution in [3.05, 3.63) is 59.1 Å². The average Bonchev–Trinajstić information content (AvgIpc) is 3.32. The maximum absolute atomic E-state index is 12.2. The molecule has 0 spiro atoms. The Morgan fingerprint density at radius 1 is 0.913 bits per heavy atom. The number of halogens is 1. The lowest BCUT2D eigenvalue weighted by molar-refractivity contribution is -0.122. The summed E-state index contributed by atoms with van der Waals surface area (Å²) in [5.41, 5.74) is 2.36. The van der Waals surface area contributed by atoms with Crippen LogP contribution in [-0.2, 0) is 9.59 Å². The predicted molar refractivity (Wildman–Crippen MR) is 91.5 cm³/mol. The van der Waals surface area contributed by atoms with Gasteiger partial charge in [-0.1, -0.05) is 41.9 Å². The SMILES string of the molecule is Cc1ccccc1NC(=O)C1CC1C(=O)Nc1ccccc1Cl. The molecular formula is C18H17ClN2O2. The summed E-state index contributed by atoms with van der Waals surface area (Å²) in [6, 6.07) is 14.6. The van der Waals surface area contributed by atoms with E-state index in [-0.39, 0.29) is 23.7 Å². The number of hydrogen-bond donors (Lipinski definition) is 2. The van der Waals surface area contributed by atoms with Gasteiger partial charge in [-0.05, 0) is 37.1 Å². The Labute approximate surface area is 139 Å². The second-order valence-electron chi connectivity index (χ2n) is 5.72. The van der Waals surface area contributed by atoms with Gasteiger partial charge in [0.2, 0.25) is 11.8 Å². The van der Waals surface area contributed by atoms with E-state index in [1.807, 2.05) is 31.2 Å². The number of carbonyl (C=O) groups excluding carboxylic acids is 2. The highest BCUT2D eigenvalue weighted by Gasteiger charge is 2.48. The first kappa shape index (κ1) is 15.6. The number of aryl methyl sites for hydroxylation is 1. The summed E-state index contributed by atoms with van der Waals surface area (Å²) in [4.78, 5) is 24.5. The van der Waals surface area contributed by atoms with Crippen molar-refractivity contribution in [2.24, 2.45) is 11.8 Å². The Hall–Kier alpha value is -2.33. The van der Waals surface area contributed by atoms with Crippen molar-refractivity contribution in [1.29, 1.82) is 0 Å². The van der Waals surface area contributed by atoms with Gasteiger partial charge in [0.25, 0.3) is 0 Å². The van der Waals surface area contributed by atoms with Crippen LogP contribution in [0.5, 0.6) is 0 Å². The summed E-state index contributed by atoms with van der Waals surface area (Å²) in [6.07, 6.45) is 0.563. The lowest BCUT2D eigenvalue weighted by atomic mass is 10.2. The molecule has 1 saturated carbocycles. The van der Waals surface area contributed by atoms with E-state index in [0.29, 0.717) is 17.1 Å². The van der Waals surface area contributed by atoms with Crippen LogP contribution in [-0.4, -0.2) is 11.8 Å². The first-order valence-electron chi connectivity index (χ1n) is 7.48. The highest BCUT2D eigenvalue weighted by molar-refractivity contribution is 6.33. The second-order valence-corrected chi connectivity index (χ2v) is 6.13. The van der Waals surface area contributed by atoms with Gasteiger partial charge in [0.1, 0.15) is 0 Å². The van der Waals surface area contributed by atoms with Crippen LogP contribution in [0.25, 0.3) is 0 Å². The molecule has 2 aromatic rings. The number of anilines is 2. The zero-order chi connectivity index (χ0) is 16.4. The number of para-hydroxylation sites is 2. The van der Waals surface area contributed by atoms with E-state index in [2.05, 4.69) is 10.6 Å². The molecule has 118 valence electrons. The van der Waals surface area contributed by atoms with E-state index >= 15 is 0 Å². The van der Waals surface area contributed by atoms with E-state index in [1.165, 1.54) is 0 Å². The zero-order valence-electron chi connectivity index (χ0n) is 12.7. The lowest BCUT2D eigenvalue weighted by Crippen LogP contribution is -2.21. The molecule has 0 aromatic heterocycles.